The molecule has 0 aliphatic heterocycles. The van der Waals surface area contributed by atoms with Gasteiger partial charge in [0.05, 0.1) is 25.4 Å². The molecule has 0 bridgehead atoms. The zero-order chi connectivity index (χ0) is 18.3. The van der Waals surface area contributed by atoms with Crippen molar-refractivity contribution in [3.63, 3.8) is 0 Å². The van der Waals surface area contributed by atoms with Gasteiger partial charge in [-0.05, 0) is 37.0 Å². The summed E-state index contributed by atoms with van der Waals surface area (Å²) in [5.74, 6) is 1.06. The number of likely N-dealkylation sites (N-methyl/N-ethyl adjacent to an activating group) is 1. The Kier molecular flexibility index (Phi) is 7.69. The van der Waals surface area contributed by atoms with E-state index < -0.39 is 10.0 Å². The lowest BCUT2D eigenvalue weighted by Gasteiger charge is -2.18. The largest absolute Gasteiger partial charge is 0.494 e. The number of hydrogen-bond acceptors (Lipinski definition) is 4. The number of nitrogens with zero attached hydrogens (tertiary/aromatic N) is 1. The van der Waals surface area contributed by atoms with Gasteiger partial charge in [-0.3, -0.25) is 4.79 Å². The van der Waals surface area contributed by atoms with E-state index in [4.69, 9.17) is 4.74 Å². The van der Waals surface area contributed by atoms with Gasteiger partial charge in [0.2, 0.25) is 15.9 Å². The van der Waals surface area contributed by atoms with Crippen LogP contribution >= 0.6 is 0 Å². The summed E-state index contributed by atoms with van der Waals surface area (Å²) < 4.78 is 29.3. The molecule has 1 amide bonds. The van der Waals surface area contributed by atoms with Crippen molar-refractivity contribution in [2.45, 2.75) is 33.2 Å². The third kappa shape index (κ3) is 7.31. The second kappa shape index (κ2) is 9.03. The molecule has 1 aromatic carbocycles. The normalized spacial score (nSPS) is 13.1. The second-order valence-electron chi connectivity index (χ2n) is 6.41. The Hall–Kier alpha value is -1.60. The van der Waals surface area contributed by atoms with Crippen molar-refractivity contribution in [1.29, 1.82) is 0 Å². The van der Waals surface area contributed by atoms with Gasteiger partial charge in [-0.25, -0.2) is 8.42 Å². The van der Waals surface area contributed by atoms with E-state index in [2.05, 4.69) is 19.2 Å². The molecular weight excluding hydrogens is 328 g/mol. The number of sulfonamides is 1. The molecular formula is C17H28N2O4S. The quantitative estimate of drug-likeness (QED) is 0.736. The number of ether oxygens (including phenoxy) is 1. The first-order valence-corrected chi connectivity index (χ1v) is 9.88. The highest BCUT2D eigenvalue weighted by Crippen LogP contribution is 2.18. The summed E-state index contributed by atoms with van der Waals surface area (Å²) in [7, 11) is -1.99. The molecule has 1 N–H and O–H groups in total. The Labute approximate surface area is 145 Å². The molecule has 0 aliphatic rings. The lowest BCUT2D eigenvalue weighted by molar-refractivity contribution is -0.121. The fourth-order valence-corrected chi connectivity index (χ4v) is 2.31. The fourth-order valence-electron chi connectivity index (χ4n) is 1.96. The summed E-state index contributed by atoms with van der Waals surface area (Å²) in [5.41, 5.74) is 0.932. The van der Waals surface area contributed by atoms with E-state index in [1.165, 1.54) is 7.05 Å². The van der Waals surface area contributed by atoms with Gasteiger partial charge in [0.15, 0.2) is 0 Å². The monoisotopic (exact) mass is 356 g/mol. The first-order valence-electron chi connectivity index (χ1n) is 8.03. The average molecular weight is 356 g/mol. The predicted octanol–water partition coefficient (Wildman–Crippen LogP) is 2.18. The lowest BCUT2D eigenvalue weighted by Crippen LogP contribution is -2.38. The van der Waals surface area contributed by atoms with Crippen molar-refractivity contribution < 1.29 is 17.9 Å². The number of benzene rings is 1. The molecule has 1 unspecified atom stereocenters. The molecule has 136 valence electrons. The number of carbonyl (C=O) groups excluding carboxylic acids is 1. The van der Waals surface area contributed by atoms with Crippen LogP contribution in [0.4, 0.5) is 0 Å². The molecule has 0 aromatic heterocycles. The van der Waals surface area contributed by atoms with Crippen LogP contribution in [0.25, 0.3) is 0 Å². The van der Waals surface area contributed by atoms with Crippen LogP contribution in [0.15, 0.2) is 24.3 Å². The van der Waals surface area contributed by atoms with Crippen LogP contribution in [0.1, 0.15) is 38.8 Å². The predicted molar refractivity (Wildman–Crippen MR) is 95.4 cm³/mol. The fraction of sp³-hybridized carbons (Fsp3) is 0.588. The van der Waals surface area contributed by atoms with Gasteiger partial charge >= 0.3 is 0 Å². The van der Waals surface area contributed by atoms with Gasteiger partial charge < -0.3 is 10.1 Å². The van der Waals surface area contributed by atoms with Crippen molar-refractivity contribution >= 4 is 15.9 Å². The molecule has 0 fully saturated rings. The molecule has 24 heavy (non-hydrogen) atoms. The Morgan fingerprint density at radius 2 is 1.79 bits per heavy atom. The first kappa shape index (κ1) is 20.4. The SMILES string of the molecule is CC(C)CCOc1ccc(C(C)NC(=O)CN(C)S(C)(=O)=O)cc1. The maximum absolute atomic E-state index is 11.9. The van der Waals surface area contributed by atoms with Crippen LogP contribution in [0.2, 0.25) is 0 Å². The topological polar surface area (TPSA) is 75.7 Å². The molecule has 0 spiro atoms. The van der Waals surface area contributed by atoms with Crippen molar-refractivity contribution in [2.75, 3.05) is 26.5 Å². The molecule has 7 heteroatoms. The van der Waals surface area contributed by atoms with Gasteiger partial charge in [0, 0.05) is 7.05 Å². The highest BCUT2D eigenvalue weighted by Gasteiger charge is 2.17. The zero-order valence-corrected chi connectivity index (χ0v) is 15.9. The molecule has 0 saturated heterocycles. The zero-order valence-electron chi connectivity index (χ0n) is 15.1. The highest BCUT2D eigenvalue weighted by molar-refractivity contribution is 7.88. The maximum Gasteiger partial charge on any atom is 0.235 e. The third-order valence-corrected chi connectivity index (χ3v) is 4.92. The lowest BCUT2D eigenvalue weighted by atomic mass is 10.1. The smallest absolute Gasteiger partial charge is 0.235 e. The van der Waals surface area contributed by atoms with Gasteiger partial charge in [-0.15, -0.1) is 0 Å². The van der Waals surface area contributed by atoms with Gasteiger partial charge in [-0.2, -0.15) is 4.31 Å². The Balaban J connectivity index is 2.53. The number of rotatable bonds is 9. The molecule has 1 aromatic rings. The molecule has 0 aliphatic carbocycles. The summed E-state index contributed by atoms with van der Waals surface area (Å²) in [6.07, 6.45) is 2.07. The third-order valence-electron chi connectivity index (χ3n) is 3.65. The summed E-state index contributed by atoms with van der Waals surface area (Å²) in [6, 6.07) is 7.34. The van der Waals surface area contributed by atoms with Crippen LogP contribution in [0, 0.1) is 5.92 Å². The van der Waals surface area contributed by atoms with Gasteiger partial charge in [-0.1, -0.05) is 26.0 Å². The highest BCUT2D eigenvalue weighted by atomic mass is 32.2. The van der Waals surface area contributed by atoms with Crippen LogP contribution in [-0.2, 0) is 14.8 Å². The second-order valence-corrected chi connectivity index (χ2v) is 8.50. The van der Waals surface area contributed by atoms with E-state index >= 15 is 0 Å². The minimum Gasteiger partial charge on any atom is -0.494 e. The number of nitrogens with one attached hydrogen (secondary N) is 1. The molecule has 6 nitrogen and oxygen atoms in total. The van der Waals surface area contributed by atoms with Crippen LogP contribution in [0.5, 0.6) is 5.75 Å². The number of carbonyl (C=O) groups is 1. The molecule has 0 radical (unpaired) electrons. The van der Waals surface area contributed by atoms with Gasteiger partial charge in [0.1, 0.15) is 5.75 Å². The van der Waals surface area contributed by atoms with Crippen molar-refractivity contribution in [1.82, 2.24) is 9.62 Å². The van der Waals surface area contributed by atoms with Crippen molar-refractivity contribution in [3.8, 4) is 5.75 Å². The van der Waals surface area contributed by atoms with E-state index in [0.717, 1.165) is 28.3 Å². The summed E-state index contributed by atoms with van der Waals surface area (Å²) >= 11 is 0. The minimum absolute atomic E-state index is 0.195. The Bertz CT molecular complexity index is 626. The maximum atomic E-state index is 11.9. The summed E-state index contributed by atoms with van der Waals surface area (Å²) in [6.45, 7) is 6.64. The van der Waals surface area contributed by atoms with Gasteiger partial charge in [0.25, 0.3) is 0 Å². The Morgan fingerprint density at radius 1 is 1.21 bits per heavy atom. The molecule has 1 atom stereocenters. The Morgan fingerprint density at radius 3 is 2.29 bits per heavy atom. The first-order chi connectivity index (χ1) is 11.1. The van der Waals surface area contributed by atoms with E-state index in [1.807, 2.05) is 31.2 Å². The number of amides is 1. The minimum atomic E-state index is -3.36. The molecule has 0 saturated carbocycles. The summed E-state index contributed by atoms with van der Waals surface area (Å²) in [4.78, 5) is 11.9. The van der Waals surface area contributed by atoms with Crippen molar-refractivity contribution in [2.24, 2.45) is 5.92 Å². The van der Waals surface area contributed by atoms with Crippen LogP contribution in [0.3, 0.4) is 0 Å². The molecule has 1 rings (SSSR count). The van der Waals surface area contributed by atoms with Crippen LogP contribution in [-0.4, -0.2) is 45.1 Å². The van der Waals surface area contributed by atoms with E-state index in [0.29, 0.717) is 12.5 Å². The van der Waals surface area contributed by atoms with Crippen LogP contribution < -0.4 is 10.1 Å². The van der Waals surface area contributed by atoms with E-state index in [9.17, 15) is 13.2 Å². The standard InChI is InChI=1S/C17H28N2O4S/c1-13(2)10-11-23-16-8-6-15(7-9-16)14(3)18-17(20)12-19(4)24(5,21)22/h6-9,13-14H,10-12H2,1-5H3,(H,18,20). The number of hydrogen-bond donors (Lipinski definition) is 1. The average Bonchev–Trinajstić information content (AvgIpc) is 2.46. The molecule has 0 heterocycles. The summed E-state index contributed by atoms with van der Waals surface area (Å²) in [5, 5.41) is 2.79. The van der Waals surface area contributed by atoms with Crippen molar-refractivity contribution in [3.05, 3.63) is 29.8 Å². The van der Waals surface area contributed by atoms with E-state index in [1.54, 1.807) is 0 Å². The van der Waals surface area contributed by atoms with E-state index in [-0.39, 0.29) is 18.5 Å².